The van der Waals surface area contributed by atoms with E-state index < -0.39 is 0 Å². The van der Waals surface area contributed by atoms with Crippen LogP contribution in [0.3, 0.4) is 0 Å². The van der Waals surface area contributed by atoms with E-state index in [0.717, 1.165) is 5.41 Å². The number of hydrogen-bond acceptors (Lipinski definition) is 1. The third-order valence-electron chi connectivity index (χ3n) is 3.39. The van der Waals surface area contributed by atoms with Gasteiger partial charge in [-0.25, -0.2) is 0 Å². The fourth-order valence-electron chi connectivity index (χ4n) is 2.32. The van der Waals surface area contributed by atoms with Crippen LogP contribution in [-0.4, -0.2) is 24.5 Å². The molecule has 0 bridgehead atoms. The first kappa shape index (κ1) is 7.60. The molecule has 0 unspecified atom stereocenters. The second-order valence-corrected chi connectivity index (χ2v) is 4.33. The molecule has 2 rings (SSSR count). The van der Waals surface area contributed by atoms with Crippen LogP contribution in [0.5, 0.6) is 0 Å². The van der Waals surface area contributed by atoms with Crippen molar-refractivity contribution in [1.29, 1.82) is 0 Å². The van der Waals surface area contributed by atoms with E-state index in [-0.39, 0.29) is 0 Å². The molecule has 1 heterocycles. The molecule has 0 radical (unpaired) electrons. The third kappa shape index (κ3) is 1.58. The topological polar surface area (TPSA) is 3.24 Å². The minimum Gasteiger partial charge on any atom is -0.303 e. The zero-order chi connectivity index (χ0) is 7.73. The lowest BCUT2D eigenvalue weighted by Gasteiger charge is -2.21. The Morgan fingerprint density at radius 1 is 1.18 bits per heavy atom. The van der Waals surface area contributed by atoms with Crippen molar-refractivity contribution in [3.63, 3.8) is 0 Å². The van der Waals surface area contributed by atoms with Gasteiger partial charge in [0.05, 0.1) is 0 Å². The van der Waals surface area contributed by atoms with Gasteiger partial charge in [0.15, 0.2) is 0 Å². The number of rotatable bonds is 1. The molecule has 0 aromatic carbocycles. The highest BCUT2D eigenvalue weighted by molar-refractivity contribution is 4.96. The molecule has 0 amide bonds. The Bertz CT molecular complexity index is 138. The van der Waals surface area contributed by atoms with Gasteiger partial charge in [-0.15, -0.1) is 0 Å². The molecule has 1 spiro atoms. The van der Waals surface area contributed by atoms with Gasteiger partial charge in [-0.2, -0.15) is 0 Å². The number of nitrogens with zero attached hydrogens (tertiary/aromatic N) is 1. The molecule has 11 heavy (non-hydrogen) atoms. The monoisotopic (exact) mass is 153 g/mol. The van der Waals surface area contributed by atoms with Crippen LogP contribution in [-0.2, 0) is 0 Å². The molecule has 1 saturated heterocycles. The predicted molar refractivity (Wildman–Crippen MR) is 47.6 cm³/mol. The molecular weight excluding hydrogens is 134 g/mol. The molecule has 0 aromatic heterocycles. The van der Waals surface area contributed by atoms with E-state index >= 15 is 0 Å². The van der Waals surface area contributed by atoms with E-state index in [4.69, 9.17) is 0 Å². The SMILES string of the molecule is CCN1CCCCC2(CC2)C1. The Morgan fingerprint density at radius 2 is 2.00 bits per heavy atom. The normalized spacial score (nSPS) is 30.3. The van der Waals surface area contributed by atoms with Crippen molar-refractivity contribution in [2.24, 2.45) is 5.41 Å². The molecule has 2 aliphatic rings. The molecule has 1 heteroatoms. The Kier molecular flexibility index (Phi) is 1.92. The molecule has 1 nitrogen and oxygen atoms in total. The molecule has 1 aliphatic carbocycles. The lowest BCUT2D eigenvalue weighted by atomic mass is 10.0. The molecule has 1 saturated carbocycles. The van der Waals surface area contributed by atoms with Crippen molar-refractivity contribution >= 4 is 0 Å². The average Bonchev–Trinajstić information content (AvgIpc) is 2.80. The summed E-state index contributed by atoms with van der Waals surface area (Å²) in [6.07, 6.45) is 7.47. The van der Waals surface area contributed by atoms with Gasteiger partial charge >= 0.3 is 0 Å². The van der Waals surface area contributed by atoms with Crippen LogP contribution in [0.4, 0.5) is 0 Å². The summed E-state index contributed by atoms with van der Waals surface area (Å²) < 4.78 is 0. The largest absolute Gasteiger partial charge is 0.303 e. The van der Waals surface area contributed by atoms with Crippen LogP contribution in [0.15, 0.2) is 0 Å². The first-order chi connectivity index (χ1) is 5.35. The fourth-order valence-corrected chi connectivity index (χ4v) is 2.32. The van der Waals surface area contributed by atoms with E-state index in [1.54, 1.807) is 0 Å². The summed E-state index contributed by atoms with van der Waals surface area (Å²) in [7, 11) is 0. The second kappa shape index (κ2) is 2.78. The van der Waals surface area contributed by atoms with Crippen LogP contribution in [0.1, 0.15) is 39.0 Å². The summed E-state index contributed by atoms with van der Waals surface area (Å²) in [6.45, 7) is 6.32. The summed E-state index contributed by atoms with van der Waals surface area (Å²) in [5, 5.41) is 0. The lowest BCUT2D eigenvalue weighted by Crippen LogP contribution is -2.28. The zero-order valence-corrected chi connectivity index (χ0v) is 7.60. The third-order valence-corrected chi connectivity index (χ3v) is 3.39. The van der Waals surface area contributed by atoms with Crippen LogP contribution in [0.25, 0.3) is 0 Å². The summed E-state index contributed by atoms with van der Waals surface area (Å²) in [5.74, 6) is 0. The molecule has 0 aromatic rings. The van der Waals surface area contributed by atoms with Gasteiger partial charge in [-0.3, -0.25) is 0 Å². The van der Waals surface area contributed by atoms with Crippen LogP contribution in [0.2, 0.25) is 0 Å². The van der Waals surface area contributed by atoms with Crippen molar-refractivity contribution in [2.75, 3.05) is 19.6 Å². The predicted octanol–water partition coefficient (Wildman–Crippen LogP) is 2.27. The van der Waals surface area contributed by atoms with Crippen molar-refractivity contribution in [3.05, 3.63) is 0 Å². The Balaban J connectivity index is 1.94. The van der Waals surface area contributed by atoms with Crippen LogP contribution >= 0.6 is 0 Å². The van der Waals surface area contributed by atoms with Crippen molar-refractivity contribution < 1.29 is 0 Å². The van der Waals surface area contributed by atoms with E-state index in [2.05, 4.69) is 11.8 Å². The molecule has 1 aliphatic heterocycles. The molecule has 0 atom stereocenters. The van der Waals surface area contributed by atoms with Crippen molar-refractivity contribution in [2.45, 2.75) is 39.0 Å². The zero-order valence-electron chi connectivity index (χ0n) is 7.60. The van der Waals surface area contributed by atoms with Gasteiger partial charge in [0.1, 0.15) is 0 Å². The number of likely N-dealkylation sites (tertiary alicyclic amines) is 1. The van der Waals surface area contributed by atoms with Gasteiger partial charge < -0.3 is 4.90 Å². The Hall–Kier alpha value is -0.0400. The fraction of sp³-hybridized carbons (Fsp3) is 1.00. The highest BCUT2D eigenvalue weighted by atomic mass is 15.1. The van der Waals surface area contributed by atoms with E-state index in [1.165, 1.54) is 51.7 Å². The lowest BCUT2D eigenvalue weighted by molar-refractivity contribution is 0.250. The maximum Gasteiger partial charge on any atom is 0.00379 e. The van der Waals surface area contributed by atoms with Crippen LogP contribution in [0, 0.1) is 5.41 Å². The molecule has 0 N–H and O–H groups in total. The summed E-state index contributed by atoms with van der Waals surface area (Å²) in [6, 6.07) is 0. The van der Waals surface area contributed by atoms with E-state index in [9.17, 15) is 0 Å². The van der Waals surface area contributed by atoms with Gasteiger partial charge in [-0.05, 0) is 44.2 Å². The molecule has 2 fully saturated rings. The van der Waals surface area contributed by atoms with E-state index in [1.807, 2.05) is 0 Å². The average molecular weight is 153 g/mol. The number of hydrogen-bond donors (Lipinski definition) is 0. The van der Waals surface area contributed by atoms with Crippen LogP contribution < -0.4 is 0 Å². The minimum atomic E-state index is 0.812. The van der Waals surface area contributed by atoms with Gasteiger partial charge in [0, 0.05) is 6.54 Å². The van der Waals surface area contributed by atoms with Gasteiger partial charge in [-0.1, -0.05) is 13.3 Å². The van der Waals surface area contributed by atoms with Crippen molar-refractivity contribution in [3.8, 4) is 0 Å². The standard InChI is InChI=1S/C10H19N/c1-2-11-8-4-3-5-10(9-11)6-7-10/h2-9H2,1H3. The smallest absolute Gasteiger partial charge is 0.00379 e. The van der Waals surface area contributed by atoms with Gasteiger partial charge in [0.25, 0.3) is 0 Å². The Labute approximate surface area is 69.8 Å². The van der Waals surface area contributed by atoms with Gasteiger partial charge in [0.2, 0.25) is 0 Å². The summed E-state index contributed by atoms with van der Waals surface area (Å²) >= 11 is 0. The maximum atomic E-state index is 2.64. The Morgan fingerprint density at radius 3 is 2.64 bits per heavy atom. The first-order valence-corrected chi connectivity index (χ1v) is 5.07. The highest BCUT2D eigenvalue weighted by Gasteiger charge is 2.43. The molecule has 64 valence electrons. The minimum absolute atomic E-state index is 0.812. The van der Waals surface area contributed by atoms with Crippen molar-refractivity contribution in [1.82, 2.24) is 4.90 Å². The maximum absolute atomic E-state index is 2.64. The second-order valence-electron chi connectivity index (χ2n) is 4.33. The first-order valence-electron chi connectivity index (χ1n) is 5.07. The quantitative estimate of drug-likeness (QED) is 0.558. The van der Waals surface area contributed by atoms with E-state index in [0.29, 0.717) is 0 Å². The summed E-state index contributed by atoms with van der Waals surface area (Å²) in [4.78, 5) is 2.64. The highest BCUT2D eigenvalue weighted by Crippen LogP contribution is 2.51. The summed E-state index contributed by atoms with van der Waals surface area (Å²) in [5.41, 5.74) is 0.812. The molecular formula is C10H19N.